The minimum Gasteiger partial charge on any atom is -0.466 e. The van der Waals surface area contributed by atoms with Crippen LogP contribution >= 0.6 is 0 Å². The van der Waals surface area contributed by atoms with Crippen LogP contribution in [-0.4, -0.2) is 47.4 Å². The number of amides is 1. The van der Waals surface area contributed by atoms with Gasteiger partial charge in [0.05, 0.1) is 25.4 Å². The average molecular weight is 931 g/mol. The Balaban J connectivity index is 3.44. The largest absolute Gasteiger partial charge is 0.466 e. The van der Waals surface area contributed by atoms with Crippen molar-refractivity contribution in [2.45, 2.75) is 334 Å². The van der Waals surface area contributed by atoms with Crippen molar-refractivity contribution in [2.24, 2.45) is 0 Å². The van der Waals surface area contributed by atoms with Crippen molar-refractivity contribution >= 4 is 11.9 Å². The third-order valence-electron chi connectivity index (χ3n) is 13.8. The fourth-order valence-electron chi connectivity index (χ4n) is 9.20. The summed E-state index contributed by atoms with van der Waals surface area (Å²) in [5, 5.41) is 23.3. The van der Waals surface area contributed by atoms with Gasteiger partial charge in [0.1, 0.15) is 0 Å². The van der Waals surface area contributed by atoms with E-state index in [1.54, 1.807) is 0 Å². The molecular weight excluding hydrogens is 815 g/mol. The summed E-state index contributed by atoms with van der Waals surface area (Å²) in [5.74, 6) is -0.0580. The number of unbranched alkanes of at least 4 members (excludes halogenated alkanes) is 40. The van der Waals surface area contributed by atoms with E-state index in [0.29, 0.717) is 25.9 Å². The number of aliphatic hydroxyl groups excluding tert-OH is 2. The van der Waals surface area contributed by atoms with Gasteiger partial charge in [0, 0.05) is 12.8 Å². The fraction of sp³-hybridized carbons (Fsp3) is 0.900. The third kappa shape index (κ3) is 51.7. The van der Waals surface area contributed by atoms with E-state index in [1.165, 1.54) is 231 Å². The zero-order valence-corrected chi connectivity index (χ0v) is 44.4. The number of allylic oxidation sites excluding steroid dienone is 4. The second-order valence-electron chi connectivity index (χ2n) is 20.3. The van der Waals surface area contributed by atoms with E-state index >= 15 is 0 Å². The lowest BCUT2D eigenvalue weighted by Crippen LogP contribution is -2.45. The molecule has 0 radical (unpaired) electrons. The summed E-state index contributed by atoms with van der Waals surface area (Å²) < 4.78 is 5.48. The Morgan fingerprint density at radius 3 is 1.18 bits per heavy atom. The first-order chi connectivity index (χ1) is 32.5. The Hall–Kier alpha value is -1.66. The van der Waals surface area contributed by atoms with Crippen LogP contribution in [0.3, 0.4) is 0 Å². The molecule has 0 saturated heterocycles. The van der Waals surface area contributed by atoms with Crippen LogP contribution in [0, 0.1) is 0 Å². The molecule has 0 aliphatic heterocycles. The quantitative estimate of drug-likeness (QED) is 0.0321. The first-order valence-electron chi connectivity index (χ1n) is 29.6. The summed E-state index contributed by atoms with van der Waals surface area (Å²) in [5.41, 5.74) is 0. The Labute approximate surface area is 411 Å². The molecule has 0 aromatic carbocycles. The molecule has 2 atom stereocenters. The predicted octanol–water partition coefficient (Wildman–Crippen LogP) is 18.2. The lowest BCUT2D eigenvalue weighted by molar-refractivity contribution is -0.143. The van der Waals surface area contributed by atoms with Crippen molar-refractivity contribution in [1.29, 1.82) is 0 Å². The number of hydrogen-bond acceptors (Lipinski definition) is 5. The van der Waals surface area contributed by atoms with Crippen molar-refractivity contribution in [3.8, 4) is 0 Å². The average Bonchev–Trinajstić information content (AvgIpc) is 3.32. The lowest BCUT2D eigenvalue weighted by Gasteiger charge is -2.22. The van der Waals surface area contributed by atoms with Crippen molar-refractivity contribution in [1.82, 2.24) is 5.32 Å². The van der Waals surface area contributed by atoms with E-state index in [-0.39, 0.29) is 18.5 Å². The normalized spacial score (nSPS) is 12.7. The number of carbonyl (C=O) groups is 2. The number of rotatable bonds is 55. The maximum atomic E-state index is 12.5. The minimum absolute atomic E-state index is 0.0124. The van der Waals surface area contributed by atoms with Crippen LogP contribution in [-0.2, 0) is 14.3 Å². The van der Waals surface area contributed by atoms with Crippen molar-refractivity contribution in [3.63, 3.8) is 0 Å². The van der Waals surface area contributed by atoms with Crippen LogP contribution in [0.2, 0.25) is 0 Å². The van der Waals surface area contributed by atoms with E-state index in [0.717, 1.165) is 57.8 Å². The van der Waals surface area contributed by atoms with E-state index in [2.05, 4.69) is 43.5 Å². The van der Waals surface area contributed by atoms with Gasteiger partial charge in [0.25, 0.3) is 0 Å². The van der Waals surface area contributed by atoms with E-state index in [1.807, 2.05) is 0 Å². The Morgan fingerprint density at radius 2 is 0.758 bits per heavy atom. The number of ether oxygens (including phenoxy) is 1. The zero-order valence-electron chi connectivity index (χ0n) is 44.4. The molecule has 2 unspecified atom stereocenters. The predicted molar refractivity (Wildman–Crippen MR) is 287 cm³/mol. The molecular formula is C60H115NO5. The first kappa shape index (κ1) is 64.3. The molecule has 3 N–H and O–H groups in total. The molecule has 390 valence electrons. The van der Waals surface area contributed by atoms with Gasteiger partial charge in [-0.25, -0.2) is 0 Å². The van der Waals surface area contributed by atoms with Gasteiger partial charge in [-0.15, -0.1) is 0 Å². The summed E-state index contributed by atoms with van der Waals surface area (Å²) in [6, 6.07) is -0.552. The van der Waals surface area contributed by atoms with E-state index < -0.39 is 12.1 Å². The number of carbonyl (C=O) groups excluding carboxylic acids is 2. The molecule has 6 nitrogen and oxygen atoms in total. The molecule has 0 saturated carbocycles. The van der Waals surface area contributed by atoms with Gasteiger partial charge in [0.15, 0.2) is 0 Å². The van der Waals surface area contributed by atoms with Gasteiger partial charge in [-0.3, -0.25) is 9.59 Å². The standard InChI is InChI=1S/C60H115NO5/c1-3-5-7-9-11-13-15-17-19-21-22-24-25-28-32-36-40-44-48-52-58(63)57(56-62)61-59(64)53-49-45-41-37-33-29-27-31-35-39-43-47-51-55-66-60(65)54-50-46-42-38-34-30-26-23-20-18-16-14-12-10-8-6-4-2/h12,14,18,20,57-58,62-63H,3-11,13,15-17,19,21-56H2,1-2H3,(H,61,64)/b14-12-,20-18-. The van der Waals surface area contributed by atoms with Crippen LogP contribution in [0.5, 0.6) is 0 Å². The van der Waals surface area contributed by atoms with Gasteiger partial charge in [0.2, 0.25) is 5.91 Å². The number of aliphatic hydroxyl groups is 2. The molecule has 0 heterocycles. The summed E-state index contributed by atoms with van der Waals surface area (Å²) in [6.45, 7) is 4.92. The van der Waals surface area contributed by atoms with Gasteiger partial charge in [-0.1, -0.05) is 276 Å². The minimum atomic E-state index is -0.674. The van der Waals surface area contributed by atoms with Crippen LogP contribution in [0.4, 0.5) is 0 Å². The molecule has 0 rings (SSSR count). The van der Waals surface area contributed by atoms with Gasteiger partial charge in [-0.05, 0) is 57.8 Å². The molecule has 0 fully saturated rings. The lowest BCUT2D eigenvalue weighted by atomic mass is 10.0. The van der Waals surface area contributed by atoms with Gasteiger partial charge >= 0.3 is 5.97 Å². The van der Waals surface area contributed by atoms with Crippen LogP contribution in [0.25, 0.3) is 0 Å². The maximum Gasteiger partial charge on any atom is 0.305 e. The van der Waals surface area contributed by atoms with Crippen molar-refractivity contribution in [3.05, 3.63) is 24.3 Å². The SMILES string of the molecule is CCCCC/C=C\C/C=C\CCCCCCCCCC(=O)OCCCCCCCCCCCCCCCC(=O)NC(CO)C(O)CCCCCCCCCCCCCCCCCCCCC. The highest BCUT2D eigenvalue weighted by Crippen LogP contribution is 2.17. The van der Waals surface area contributed by atoms with E-state index in [4.69, 9.17) is 4.74 Å². The second kappa shape index (κ2) is 55.9. The molecule has 0 aliphatic rings. The summed E-state index contributed by atoms with van der Waals surface area (Å²) in [6.07, 6.45) is 67.3. The highest BCUT2D eigenvalue weighted by molar-refractivity contribution is 5.76. The Kier molecular flexibility index (Phi) is 54.5. The number of esters is 1. The summed E-state index contributed by atoms with van der Waals surface area (Å²) in [4.78, 5) is 24.6. The molecule has 1 amide bonds. The molecule has 0 aromatic rings. The topological polar surface area (TPSA) is 95.9 Å². The zero-order chi connectivity index (χ0) is 47.9. The molecule has 0 aromatic heterocycles. The first-order valence-corrected chi connectivity index (χ1v) is 29.6. The number of hydrogen-bond donors (Lipinski definition) is 3. The van der Waals surface area contributed by atoms with Gasteiger partial charge < -0.3 is 20.3 Å². The van der Waals surface area contributed by atoms with Crippen molar-refractivity contribution < 1.29 is 24.5 Å². The summed E-state index contributed by atoms with van der Waals surface area (Å²) >= 11 is 0. The monoisotopic (exact) mass is 930 g/mol. The van der Waals surface area contributed by atoms with Crippen LogP contribution in [0.15, 0.2) is 24.3 Å². The van der Waals surface area contributed by atoms with E-state index in [9.17, 15) is 19.8 Å². The maximum absolute atomic E-state index is 12.5. The highest BCUT2D eigenvalue weighted by Gasteiger charge is 2.20. The fourth-order valence-corrected chi connectivity index (χ4v) is 9.20. The third-order valence-corrected chi connectivity index (χ3v) is 13.8. The summed E-state index contributed by atoms with van der Waals surface area (Å²) in [7, 11) is 0. The Morgan fingerprint density at radius 1 is 0.424 bits per heavy atom. The second-order valence-corrected chi connectivity index (χ2v) is 20.3. The van der Waals surface area contributed by atoms with Crippen molar-refractivity contribution in [2.75, 3.05) is 13.2 Å². The van der Waals surface area contributed by atoms with Crippen LogP contribution < -0.4 is 5.32 Å². The molecule has 0 spiro atoms. The number of nitrogens with one attached hydrogen (secondary N) is 1. The molecule has 0 bridgehead atoms. The smallest absolute Gasteiger partial charge is 0.305 e. The van der Waals surface area contributed by atoms with Gasteiger partial charge in [-0.2, -0.15) is 0 Å². The Bertz CT molecular complexity index is 1030. The molecule has 6 heteroatoms. The highest BCUT2D eigenvalue weighted by atomic mass is 16.5. The molecule has 66 heavy (non-hydrogen) atoms. The molecule has 0 aliphatic carbocycles. The van der Waals surface area contributed by atoms with Crippen LogP contribution in [0.1, 0.15) is 322 Å².